The van der Waals surface area contributed by atoms with Gasteiger partial charge in [0.25, 0.3) is 0 Å². The molecule has 0 spiro atoms. The van der Waals surface area contributed by atoms with Gasteiger partial charge in [-0.2, -0.15) is 11.8 Å². The molecule has 2 rings (SSSR count). The molecule has 1 aliphatic carbocycles. The maximum absolute atomic E-state index is 3.69. The van der Waals surface area contributed by atoms with E-state index in [0.29, 0.717) is 0 Å². The molecule has 0 radical (unpaired) electrons. The van der Waals surface area contributed by atoms with Crippen LogP contribution in [-0.4, -0.2) is 24.6 Å². The summed E-state index contributed by atoms with van der Waals surface area (Å²) in [5.74, 6) is 2.09. The lowest BCUT2D eigenvalue weighted by Gasteiger charge is -2.36. The summed E-state index contributed by atoms with van der Waals surface area (Å²) in [6, 6.07) is 9.58. The van der Waals surface area contributed by atoms with Crippen molar-refractivity contribution in [3.05, 3.63) is 34.3 Å². The van der Waals surface area contributed by atoms with Crippen LogP contribution in [0.3, 0.4) is 0 Å². The summed E-state index contributed by atoms with van der Waals surface area (Å²) >= 11 is 5.45. The lowest BCUT2D eigenvalue weighted by atomic mass is 9.76. The highest BCUT2D eigenvalue weighted by atomic mass is 79.9. The summed E-state index contributed by atoms with van der Waals surface area (Å²) in [5.41, 5.74) is 1.50. The van der Waals surface area contributed by atoms with E-state index in [-0.39, 0.29) is 0 Å². The average Bonchev–Trinajstić information content (AvgIpc) is 2.37. The average molecular weight is 342 g/mol. The van der Waals surface area contributed by atoms with Gasteiger partial charge in [-0.15, -0.1) is 0 Å². The Hall–Kier alpha value is 0.01000. The molecule has 0 saturated heterocycles. The minimum atomic E-state index is 0.759. The van der Waals surface area contributed by atoms with Gasteiger partial charge in [0.1, 0.15) is 0 Å². The van der Waals surface area contributed by atoms with Gasteiger partial charge in [0.15, 0.2) is 0 Å². The number of hydrogen-bond acceptors (Lipinski definition) is 2. The first-order valence-electron chi connectivity index (χ1n) is 7.27. The van der Waals surface area contributed by atoms with Crippen molar-refractivity contribution >= 4 is 27.7 Å². The zero-order valence-electron chi connectivity index (χ0n) is 11.7. The van der Waals surface area contributed by atoms with Crippen LogP contribution in [0.5, 0.6) is 0 Å². The van der Waals surface area contributed by atoms with Gasteiger partial charge in [0, 0.05) is 10.5 Å². The molecule has 0 atom stereocenters. The van der Waals surface area contributed by atoms with Crippen LogP contribution in [-0.2, 0) is 0 Å². The number of benzene rings is 1. The molecule has 1 fully saturated rings. The quantitative estimate of drug-likeness (QED) is 0.680. The Bertz CT molecular complexity index is 360. The monoisotopic (exact) mass is 341 g/mol. The largest absolute Gasteiger partial charge is 0.314 e. The number of nitrogens with one attached hydrogen (secondary N) is 1. The van der Waals surface area contributed by atoms with Crippen molar-refractivity contribution in [2.24, 2.45) is 0 Å². The van der Waals surface area contributed by atoms with Crippen LogP contribution in [0.4, 0.5) is 0 Å². The predicted octanol–water partition coefficient (Wildman–Crippen LogP) is 4.82. The SMILES string of the molecule is CSCCCCCNC1CC(c2ccc(Br)cc2)C1. The van der Waals surface area contributed by atoms with Crippen LogP contribution in [0.25, 0.3) is 0 Å². The molecule has 0 bridgehead atoms. The molecule has 1 nitrogen and oxygen atoms in total. The molecule has 1 N–H and O–H groups in total. The van der Waals surface area contributed by atoms with E-state index in [9.17, 15) is 0 Å². The van der Waals surface area contributed by atoms with Gasteiger partial charge in [-0.25, -0.2) is 0 Å². The highest BCUT2D eigenvalue weighted by Crippen LogP contribution is 2.37. The van der Waals surface area contributed by atoms with E-state index < -0.39 is 0 Å². The van der Waals surface area contributed by atoms with Gasteiger partial charge in [-0.05, 0) is 67.9 Å². The molecule has 0 unspecified atom stereocenters. The maximum Gasteiger partial charge on any atom is 0.0175 e. The third-order valence-corrected chi connectivity index (χ3v) is 5.16. The molecule has 0 heterocycles. The fourth-order valence-electron chi connectivity index (χ4n) is 2.65. The van der Waals surface area contributed by atoms with Crippen molar-refractivity contribution in [2.75, 3.05) is 18.6 Å². The van der Waals surface area contributed by atoms with Gasteiger partial charge < -0.3 is 5.32 Å². The summed E-state index contributed by atoms with van der Waals surface area (Å²) in [6.07, 6.45) is 8.89. The van der Waals surface area contributed by atoms with Crippen molar-refractivity contribution in [1.82, 2.24) is 5.32 Å². The lowest BCUT2D eigenvalue weighted by molar-refractivity contribution is 0.290. The van der Waals surface area contributed by atoms with E-state index in [1.807, 2.05) is 11.8 Å². The molecule has 0 aliphatic heterocycles. The molecule has 3 heteroatoms. The van der Waals surface area contributed by atoms with E-state index in [1.54, 1.807) is 0 Å². The van der Waals surface area contributed by atoms with Gasteiger partial charge in [0.05, 0.1) is 0 Å². The Morgan fingerprint density at radius 3 is 2.58 bits per heavy atom. The fraction of sp³-hybridized carbons (Fsp3) is 0.625. The number of halogens is 1. The van der Waals surface area contributed by atoms with Crippen LogP contribution >= 0.6 is 27.7 Å². The molecule has 1 aromatic rings. The Kier molecular flexibility index (Phi) is 6.75. The van der Waals surface area contributed by atoms with Crippen LogP contribution < -0.4 is 5.32 Å². The van der Waals surface area contributed by atoms with E-state index in [1.165, 1.54) is 54.4 Å². The summed E-state index contributed by atoms with van der Waals surface area (Å²) < 4.78 is 1.18. The summed E-state index contributed by atoms with van der Waals surface area (Å²) in [5, 5.41) is 3.69. The zero-order chi connectivity index (χ0) is 13.5. The van der Waals surface area contributed by atoms with Gasteiger partial charge in [-0.1, -0.05) is 34.5 Å². The second-order valence-electron chi connectivity index (χ2n) is 5.42. The predicted molar refractivity (Wildman–Crippen MR) is 90.1 cm³/mol. The molecular weight excluding hydrogens is 318 g/mol. The Morgan fingerprint density at radius 1 is 1.16 bits per heavy atom. The third kappa shape index (κ3) is 5.13. The topological polar surface area (TPSA) is 12.0 Å². The number of rotatable bonds is 8. The Morgan fingerprint density at radius 2 is 1.89 bits per heavy atom. The molecule has 1 aromatic carbocycles. The first kappa shape index (κ1) is 15.4. The van der Waals surface area contributed by atoms with Gasteiger partial charge in [0.2, 0.25) is 0 Å². The lowest BCUT2D eigenvalue weighted by Crippen LogP contribution is -2.40. The summed E-state index contributed by atoms with van der Waals surface area (Å²) in [6.45, 7) is 1.20. The van der Waals surface area contributed by atoms with Crippen molar-refractivity contribution < 1.29 is 0 Å². The van der Waals surface area contributed by atoms with Gasteiger partial charge in [-0.3, -0.25) is 0 Å². The van der Waals surface area contributed by atoms with E-state index in [4.69, 9.17) is 0 Å². The molecule has 106 valence electrons. The van der Waals surface area contributed by atoms with Crippen molar-refractivity contribution in [3.8, 4) is 0 Å². The minimum absolute atomic E-state index is 0.759. The van der Waals surface area contributed by atoms with Crippen molar-refractivity contribution in [1.29, 1.82) is 0 Å². The number of unbranched alkanes of at least 4 members (excludes halogenated alkanes) is 2. The Balaban J connectivity index is 1.55. The number of thioether (sulfide) groups is 1. The molecule has 0 aromatic heterocycles. The molecule has 0 amide bonds. The normalized spacial score (nSPS) is 22.2. The Labute approximate surface area is 130 Å². The van der Waals surface area contributed by atoms with E-state index in [0.717, 1.165) is 12.0 Å². The fourth-order valence-corrected chi connectivity index (χ4v) is 3.40. The minimum Gasteiger partial charge on any atom is -0.314 e. The van der Waals surface area contributed by atoms with Gasteiger partial charge >= 0.3 is 0 Å². The summed E-state index contributed by atoms with van der Waals surface area (Å²) in [7, 11) is 0. The summed E-state index contributed by atoms with van der Waals surface area (Å²) in [4.78, 5) is 0. The van der Waals surface area contributed by atoms with E-state index >= 15 is 0 Å². The molecular formula is C16H24BrNS. The standard InChI is InChI=1S/C16H24BrNS/c1-19-10-4-2-3-9-18-16-11-14(12-16)13-5-7-15(17)8-6-13/h5-8,14,16,18H,2-4,9-12H2,1H3. The van der Waals surface area contributed by atoms with Crippen LogP contribution in [0.15, 0.2) is 28.7 Å². The van der Waals surface area contributed by atoms with Crippen LogP contribution in [0.2, 0.25) is 0 Å². The van der Waals surface area contributed by atoms with Crippen molar-refractivity contribution in [3.63, 3.8) is 0 Å². The second kappa shape index (κ2) is 8.33. The molecule has 1 saturated carbocycles. The third-order valence-electron chi connectivity index (χ3n) is 3.94. The first-order valence-corrected chi connectivity index (χ1v) is 9.46. The van der Waals surface area contributed by atoms with Crippen LogP contribution in [0, 0.1) is 0 Å². The molecule has 1 aliphatic rings. The maximum atomic E-state index is 3.69. The van der Waals surface area contributed by atoms with Crippen LogP contribution in [0.1, 0.15) is 43.6 Å². The first-order chi connectivity index (χ1) is 9.29. The molecule has 19 heavy (non-hydrogen) atoms. The second-order valence-corrected chi connectivity index (χ2v) is 7.33. The van der Waals surface area contributed by atoms with E-state index in [2.05, 4.69) is 51.8 Å². The smallest absolute Gasteiger partial charge is 0.0175 e. The highest BCUT2D eigenvalue weighted by molar-refractivity contribution is 9.10. The number of hydrogen-bond donors (Lipinski definition) is 1. The van der Waals surface area contributed by atoms with Crippen molar-refractivity contribution in [2.45, 2.75) is 44.1 Å². The highest BCUT2D eigenvalue weighted by Gasteiger charge is 2.29. The zero-order valence-corrected chi connectivity index (χ0v) is 14.1.